The molecule has 3 N–H and O–H groups in total. The van der Waals surface area contributed by atoms with Crippen LogP contribution in [0, 0.1) is 0 Å². The SMILES string of the molecule is OCCOCCNC[C@@H](O)COC1CCCCC1. The number of ether oxygens (including phenoxy) is 2. The van der Waals surface area contributed by atoms with Crippen LogP contribution in [0.15, 0.2) is 0 Å². The van der Waals surface area contributed by atoms with Gasteiger partial charge in [-0.2, -0.15) is 0 Å². The minimum Gasteiger partial charge on any atom is -0.394 e. The molecule has 0 radical (unpaired) electrons. The minimum atomic E-state index is -0.454. The van der Waals surface area contributed by atoms with Gasteiger partial charge in [-0.1, -0.05) is 19.3 Å². The van der Waals surface area contributed by atoms with Crippen LogP contribution in [0.1, 0.15) is 32.1 Å². The molecule has 1 atom stereocenters. The normalized spacial score (nSPS) is 19.0. The Morgan fingerprint density at radius 3 is 2.67 bits per heavy atom. The predicted octanol–water partition coefficient (Wildman–Crippen LogP) is 0.295. The number of aliphatic hydroxyl groups excluding tert-OH is 2. The lowest BCUT2D eigenvalue weighted by Gasteiger charge is -2.23. The van der Waals surface area contributed by atoms with E-state index in [1.54, 1.807) is 0 Å². The van der Waals surface area contributed by atoms with E-state index in [0.29, 0.717) is 39.0 Å². The maximum atomic E-state index is 9.71. The van der Waals surface area contributed by atoms with E-state index in [1.807, 2.05) is 0 Å². The van der Waals surface area contributed by atoms with Crippen molar-refractivity contribution >= 4 is 0 Å². The summed E-state index contributed by atoms with van der Waals surface area (Å²) in [6.45, 7) is 2.59. The van der Waals surface area contributed by atoms with Crippen molar-refractivity contribution in [2.45, 2.75) is 44.3 Å². The van der Waals surface area contributed by atoms with Gasteiger partial charge < -0.3 is 25.0 Å². The number of aliphatic hydroxyl groups is 2. The lowest BCUT2D eigenvalue weighted by molar-refractivity contribution is -0.0233. The molecule has 5 heteroatoms. The van der Waals surface area contributed by atoms with Crippen molar-refractivity contribution in [3.05, 3.63) is 0 Å². The molecule has 5 nitrogen and oxygen atoms in total. The first-order chi connectivity index (χ1) is 8.83. The van der Waals surface area contributed by atoms with Crippen molar-refractivity contribution in [3.8, 4) is 0 Å². The molecular weight excluding hydrogens is 234 g/mol. The third-order valence-corrected chi connectivity index (χ3v) is 3.12. The van der Waals surface area contributed by atoms with E-state index in [4.69, 9.17) is 14.6 Å². The van der Waals surface area contributed by atoms with Gasteiger partial charge in [0.15, 0.2) is 0 Å². The Bertz CT molecular complexity index is 186. The van der Waals surface area contributed by atoms with Crippen LogP contribution in [0.25, 0.3) is 0 Å². The van der Waals surface area contributed by atoms with Gasteiger partial charge in [0.1, 0.15) is 0 Å². The molecule has 0 aliphatic heterocycles. The van der Waals surface area contributed by atoms with Crippen molar-refractivity contribution < 1.29 is 19.7 Å². The van der Waals surface area contributed by atoms with E-state index in [1.165, 1.54) is 19.3 Å². The Kier molecular flexibility index (Phi) is 9.42. The number of nitrogens with one attached hydrogen (secondary N) is 1. The Morgan fingerprint density at radius 1 is 1.17 bits per heavy atom. The fourth-order valence-electron chi connectivity index (χ4n) is 2.12. The molecule has 18 heavy (non-hydrogen) atoms. The van der Waals surface area contributed by atoms with E-state index < -0.39 is 6.10 Å². The summed E-state index contributed by atoms with van der Waals surface area (Å²) in [7, 11) is 0. The molecule has 0 saturated heterocycles. The largest absolute Gasteiger partial charge is 0.394 e. The molecule has 108 valence electrons. The average molecular weight is 261 g/mol. The van der Waals surface area contributed by atoms with Crippen LogP contribution in [0.2, 0.25) is 0 Å². The molecule has 0 unspecified atom stereocenters. The van der Waals surface area contributed by atoms with Crippen molar-refractivity contribution in [2.75, 3.05) is 39.5 Å². The fraction of sp³-hybridized carbons (Fsp3) is 1.00. The molecule has 0 bridgehead atoms. The van der Waals surface area contributed by atoms with Crippen molar-refractivity contribution in [2.24, 2.45) is 0 Å². The van der Waals surface area contributed by atoms with Crippen molar-refractivity contribution in [1.29, 1.82) is 0 Å². The molecule has 0 heterocycles. The standard InChI is InChI=1S/C13H27NO4/c15-7-9-17-8-6-14-10-12(16)11-18-13-4-2-1-3-5-13/h12-16H,1-11H2/t12-/m1/s1. The first kappa shape index (κ1) is 15.9. The second-order valence-corrected chi connectivity index (χ2v) is 4.79. The molecule has 1 saturated carbocycles. The maximum absolute atomic E-state index is 9.71. The van der Waals surface area contributed by atoms with Gasteiger partial charge in [0, 0.05) is 13.1 Å². The zero-order valence-corrected chi connectivity index (χ0v) is 11.1. The molecule has 1 aliphatic carbocycles. The van der Waals surface area contributed by atoms with Gasteiger partial charge in [-0.3, -0.25) is 0 Å². The van der Waals surface area contributed by atoms with Crippen LogP contribution in [0.4, 0.5) is 0 Å². The van der Waals surface area contributed by atoms with Crippen LogP contribution in [0.5, 0.6) is 0 Å². The van der Waals surface area contributed by atoms with Gasteiger partial charge in [0.05, 0.1) is 38.6 Å². The summed E-state index contributed by atoms with van der Waals surface area (Å²) >= 11 is 0. The van der Waals surface area contributed by atoms with Gasteiger partial charge >= 0.3 is 0 Å². The predicted molar refractivity (Wildman–Crippen MR) is 69.6 cm³/mol. The van der Waals surface area contributed by atoms with Gasteiger partial charge in [0.25, 0.3) is 0 Å². The highest BCUT2D eigenvalue weighted by Crippen LogP contribution is 2.20. The minimum absolute atomic E-state index is 0.0534. The zero-order chi connectivity index (χ0) is 13.1. The molecule has 0 aromatic rings. The lowest BCUT2D eigenvalue weighted by Crippen LogP contribution is -2.34. The monoisotopic (exact) mass is 261 g/mol. The Balaban J connectivity index is 1.88. The summed E-state index contributed by atoms with van der Waals surface area (Å²) in [5.74, 6) is 0. The fourth-order valence-corrected chi connectivity index (χ4v) is 2.12. The van der Waals surface area contributed by atoms with Crippen LogP contribution in [-0.4, -0.2) is 61.9 Å². The summed E-state index contributed by atoms with van der Waals surface area (Å²) in [6, 6.07) is 0. The van der Waals surface area contributed by atoms with E-state index in [2.05, 4.69) is 5.32 Å². The summed E-state index contributed by atoms with van der Waals surface area (Å²) in [5.41, 5.74) is 0. The molecular formula is C13H27NO4. The van der Waals surface area contributed by atoms with Gasteiger partial charge in [-0.15, -0.1) is 0 Å². The quantitative estimate of drug-likeness (QED) is 0.493. The van der Waals surface area contributed by atoms with E-state index in [-0.39, 0.29) is 6.61 Å². The molecule has 1 aliphatic rings. The molecule has 0 amide bonds. The summed E-state index contributed by atoms with van der Waals surface area (Å²) in [5, 5.41) is 21.3. The lowest BCUT2D eigenvalue weighted by atomic mass is 9.98. The molecule has 0 aromatic heterocycles. The van der Waals surface area contributed by atoms with Gasteiger partial charge in [-0.05, 0) is 12.8 Å². The van der Waals surface area contributed by atoms with E-state index >= 15 is 0 Å². The molecule has 1 rings (SSSR count). The number of rotatable bonds is 10. The Morgan fingerprint density at radius 2 is 1.94 bits per heavy atom. The van der Waals surface area contributed by atoms with E-state index in [9.17, 15) is 5.11 Å². The smallest absolute Gasteiger partial charge is 0.0897 e. The van der Waals surface area contributed by atoms with Crippen LogP contribution in [-0.2, 0) is 9.47 Å². The summed E-state index contributed by atoms with van der Waals surface area (Å²) < 4.78 is 10.8. The van der Waals surface area contributed by atoms with Crippen molar-refractivity contribution in [1.82, 2.24) is 5.32 Å². The average Bonchev–Trinajstić information content (AvgIpc) is 2.41. The third kappa shape index (κ3) is 8.00. The molecule has 0 spiro atoms. The molecule has 0 aromatic carbocycles. The van der Waals surface area contributed by atoms with Crippen LogP contribution < -0.4 is 5.32 Å². The maximum Gasteiger partial charge on any atom is 0.0897 e. The highest BCUT2D eigenvalue weighted by atomic mass is 16.5. The zero-order valence-electron chi connectivity index (χ0n) is 11.1. The highest BCUT2D eigenvalue weighted by Gasteiger charge is 2.15. The summed E-state index contributed by atoms with van der Waals surface area (Å²) in [6.07, 6.45) is 5.98. The first-order valence-electron chi connectivity index (χ1n) is 7.02. The molecule has 1 fully saturated rings. The van der Waals surface area contributed by atoms with Crippen molar-refractivity contribution in [3.63, 3.8) is 0 Å². The Hall–Kier alpha value is -0.200. The van der Waals surface area contributed by atoms with Crippen LogP contribution >= 0.6 is 0 Å². The first-order valence-corrected chi connectivity index (χ1v) is 7.02. The van der Waals surface area contributed by atoms with Crippen LogP contribution in [0.3, 0.4) is 0 Å². The third-order valence-electron chi connectivity index (χ3n) is 3.12. The van der Waals surface area contributed by atoms with Gasteiger partial charge in [-0.25, -0.2) is 0 Å². The summed E-state index contributed by atoms with van der Waals surface area (Å²) in [4.78, 5) is 0. The Labute approximate surface area is 109 Å². The number of hydrogen-bond donors (Lipinski definition) is 3. The number of hydrogen-bond acceptors (Lipinski definition) is 5. The highest BCUT2D eigenvalue weighted by molar-refractivity contribution is 4.67. The topological polar surface area (TPSA) is 71.0 Å². The van der Waals surface area contributed by atoms with Gasteiger partial charge in [0.2, 0.25) is 0 Å². The second-order valence-electron chi connectivity index (χ2n) is 4.79. The second kappa shape index (κ2) is 10.7. The van der Waals surface area contributed by atoms with E-state index in [0.717, 1.165) is 12.8 Å².